The molecule has 0 aliphatic rings. The van der Waals surface area contributed by atoms with Crippen LogP contribution < -0.4 is 9.47 Å². The fourth-order valence-electron chi connectivity index (χ4n) is 1.36. The smallest absolute Gasteiger partial charge is 0.262 e. The average Bonchev–Trinajstić information content (AvgIpc) is 2.32. The summed E-state index contributed by atoms with van der Waals surface area (Å²) in [5.41, 5.74) is 0. The highest BCUT2D eigenvalue weighted by Crippen LogP contribution is 2.29. The van der Waals surface area contributed by atoms with Crippen LogP contribution in [-0.2, 0) is 0 Å². The van der Waals surface area contributed by atoms with Gasteiger partial charge < -0.3 is 9.47 Å². The van der Waals surface area contributed by atoms with Crippen molar-refractivity contribution in [2.75, 3.05) is 6.61 Å². The second-order valence-corrected chi connectivity index (χ2v) is 4.54. The van der Waals surface area contributed by atoms with Crippen molar-refractivity contribution in [2.24, 2.45) is 0 Å². The monoisotopic (exact) mass is 341 g/mol. The normalized spacial score (nSPS) is 10.0. The zero-order valence-corrected chi connectivity index (χ0v) is 11.5. The Labute approximate surface area is 114 Å². The van der Waals surface area contributed by atoms with E-state index in [0.29, 0.717) is 18.2 Å². The Morgan fingerprint density at radius 3 is 2.88 bits per heavy atom. The molecule has 0 bridgehead atoms. The molecule has 0 aliphatic heterocycles. The van der Waals surface area contributed by atoms with Crippen molar-refractivity contribution in [1.82, 2.24) is 4.98 Å². The molecule has 0 spiro atoms. The molecule has 0 atom stereocenters. The van der Waals surface area contributed by atoms with Crippen molar-refractivity contribution in [3.05, 3.63) is 46.2 Å². The van der Waals surface area contributed by atoms with Gasteiger partial charge in [0.1, 0.15) is 5.75 Å². The lowest BCUT2D eigenvalue weighted by Gasteiger charge is -2.09. The second-order valence-electron chi connectivity index (χ2n) is 3.30. The molecule has 0 saturated carbocycles. The van der Waals surface area contributed by atoms with Crippen LogP contribution in [0.5, 0.6) is 17.4 Å². The minimum absolute atomic E-state index is 0.497. The summed E-state index contributed by atoms with van der Waals surface area (Å²) in [4.78, 5) is 4.17. The number of ether oxygens (including phenoxy) is 2. The van der Waals surface area contributed by atoms with E-state index in [1.165, 1.54) is 0 Å². The summed E-state index contributed by atoms with van der Waals surface area (Å²) in [7, 11) is 0. The van der Waals surface area contributed by atoms with Gasteiger partial charge in [-0.25, -0.2) is 4.98 Å². The minimum atomic E-state index is 0.497. The highest BCUT2D eigenvalue weighted by atomic mass is 127. The zero-order chi connectivity index (χ0) is 12.1. The third kappa shape index (κ3) is 3.33. The van der Waals surface area contributed by atoms with Crippen LogP contribution in [0, 0.1) is 3.57 Å². The van der Waals surface area contributed by atoms with Crippen LogP contribution in [0.25, 0.3) is 0 Å². The molecule has 88 valence electrons. The summed E-state index contributed by atoms with van der Waals surface area (Å²) in [5, 5.41) is 0. The highest BCUT2D eigenvalue weighted by molar-refractivity contribution is 14.1. The maximum Gasteiger partial charge on any atom is 0.262 e. The van der Waals surface area contributed by atoms with Crippen LogP contribution in [0.3, 0.4) is 0 Å². The Morgan fingerprint density at radius 1 is 1.24 bits per heavy atom. The molecule has 2 aromatic rings. The molecule has 0 N–H and O–H groups in total. The molecule has 17 heavy (non-hydrogen) atoms. The Bertz CT molecular complexity index is 502. The maximum atomic E-state index is 5.70. The van der Waals surface area contributed by atoms with Crippen molar-refractivity contribution < 1.29 is 9.47 Å². The predicted molar refractivity (Wildman–Crippen MR) is 74.6 cm³/mol. The Hall–Kier alpha value is -1.30. The van der Waals surface area contributed by atoms with Crippen LogP contribution in [0.15, 0.2) is 42.6 Å². The number of hydrogen-bond acceptors (Lipinski definition) is 3. The van der Waals surface area contributed by atoms with E-state index in [1.807, 2.05) is 43.3 Å². The SMILES string of the molecule is CCOc1cccnc1Oc1cccc(I)c1. The maximum absolute atomic E-state index is 5.70. The van der Waals surface area contributed by atoms with E-state index in [2.05, 4.69) is 27.6 Å². The van der Waals surface area contributed by atoms with Gasteiger partial charge in [0.05, 0.1) is 6.61 Å². The number of halogens is 1. The van der Waals surface area contributed by atoms with E-state index >= 15 is 0 Å². The van der Waals surface area contributed by atoms with Gasteiger partial charge in [-0.1, -0.05) is 6.07 Å². The second kappa shape index (κ2) is 5.86. The van der Waals surface area contributed by atoms with E-state index in [0.717, 1.165) is 9.32 Å². The Kier molecular flexibility index (Phi) is 4.19. The summed E-state index contributed by atoms with van der Waals surface area (Å²) in [5.74, 6) is 1.92. The fraction of sp³-hybridized carbons (Fsp3) is 0.154. The Morgan fingerprint density at radius 2 is 2.12 bits per heavy atom. The molecule has 1 aromatic heterocycles. The molecule has 0 amide bonds. The summed E-state index contributed by atoms with van der Waals surface area (Å²) >= 11 is 2.24. The van der Waals surface area contributed by atoms with Gasteiger partial charge in [-0.15, -0.1) is 0 Å². The van der Waals surface area contributed by atoms with Gasteiger partial charge in [0.15, 0.2) is 5.75 Å². The quantitative estimate of drug-likeness (QED) is 0.791. The van der Waals surface area contributed by atoms with E-state index < -0.39 is 0 Å². The lowest BCUT2D eigenvalue weighted by Crippen LogP contribution is -1.96. The van der Waals surface area contributed by atoms with Crippen molar-refractivity contribution in [1.29, 1.82) is 0 Å². The molecule has 1 heterocycles. The Balaban J connectivity index is 2.23. The summed E-state index contributed by atoms with van der Waals surface area (Å²) in [6, 6.07) is 11.5. The van der Waals surface area contributed by atoms with Crippen molar-refractivity contribution in [3.8, 4) is 17.4 Å². The number of rotatable bonds is 4. The summed E-state index contributed by atoms with van der Waals surface area (Å²) in [6.45, 7) is 2.52. The average molecular weight is 341 g/mol. The first-order valence-electron chi connectivity index (χ1n) is 5.31. The fourth-order valence-corrected chi connectivity index (χ4v) is 1.87. The highest BCUT2D eigenvalue weighted by Gasteiger charge is 2.06. The summed E-state index contributed by atoms with van der Waals surface area (Å²) in [6.07, 6.45) is 1.69. The molecular formula is C13H12INO2. The first kappa shape index (κ1) is 12.2. The van der Waals surface area contributed by atoms with Crippen molar-refractivity contribution >= 4 is 22.6 Å². The van der Waals surface area contributed by atoms with Gasteiger partial charge in [-0.3, -0.25) is 0 Å². The lowest BCUT2D eigenvalue weighted by atomic mass is 10.3. The number of aromatic nitrogens is 1. The van der Waals surface area contributed by atoms with Crippen LogP contribution in [0.4, 0.5) is 0 Å². The molecular weight excluding hydrogens is 329 g/mol. The van der Waals surface area contributed by atoms with Gasteiger partial charge in [0, 0.05) is 9.77 Å². The minimum Gasteiger partial charge on any atom is -0.488 e. The molecule has 2 rings (SSSR count). The molecule has 0 aliphatic carbocycles. The van der Waals surface area contributed by atoms with E-state index in [1.54, 1.807) is 6.20 Å². The molecule has 0 fully saturated rings. The topological polar surface area (TPSA) is 31.4 Å². The molecule has 4 heteroatoms. The molecule has 1 aromatic carbocycles. The van der Waals surface area contributed by atoms with Gasteiger partial charge in [0.25, 0.3) is 5.88 Å². The number of hydrogen-bond donors (Lipinski definition) is 0. The third-order valence-electron chi connectivity index (χ3n) is 2.05. The van der Waals surface area contributed by atoms with E-state index in [9.17, 15) is 0 Å². The first-order valence-corrected chi connectivity index (χ1v) is 6.38. The molecule has 0 unspecified atom stereocenters. The van der Waals surface area contributed by atoms with Gasteiger partial charge >= 0.3 is 0 Å². The number of pyridine rings is 1. The van der Waals surface area contributed by atoms with Crippen molar-refractivity contribution in [2.45, 2.75) is 6.92 Å². The molecule has 0 saturated heterocycles. The first-order chi connectivity index (χ1) is 8.29. The van der Waals surface area contributed by atoms with Crippen LogP contribution >= 0.6 is 22.6 Å². The molecule has 3 nitrogen and oxygen atoms in total. The predicted octanol–water partition coefficient (Wildman–Crippen LogP) is 3.88. The van der Waals surface area contributed by atoms with Crippen LogP contribution in [-0.4, -0.2) is 11.6 Å². The third-order valence-corrected chi connectivity index (χ3v) is 2.72. The van der Waals surface area contributed by atoms with Crippen LogP contribution in [0.1, 0.15) is 6.92 Å². The van der Waals surface area contributed by atoms with E-state index in [-0.39, 0.29) is 0 Å². The van der Waals surface area contributed by atoms with Gasteiger partial charge in [-0.05, 0) is 59.8 Å². The number of nitrogens with zero attached hydrogens (tertiary/aromatic N) is 1. The summed E-state index contributed by atoms with van der Waals surface area (Å²) < 4.78 is 12.3. The van der Waals surface area contributed by atoms with Gasteiger partial charge in [0.2, 0.25) is 0 Å². The molecule has 0 radical (unpaired) electrons. The lowest BCUT2D eigenvalue weighted by molar-refractivity contribution is 0.316. The zero-order valence-electron chi connectivity index (χ0n) is 9.39. The van der Waals surface area contributed by atoms with Crippen LogP contribution in [0.2, 0.25) is 0 Å². The van der Waals surface area contributed by atoms with Crippen molar-refractivity contribution in [3.63, 3.8) is 0 Å². The standard InChI is InChI=1S/C13H12INO2/c1-2-16-12-7-4-8-15-13(12)17-11-6-3-5-10(14)9-11/h3-9H,2H2,1H3. The van der Waals surface area contributed by atoms with E-state index in [4.69, 9.17) is 9.47 Å². The number of benzene rings is 1. The van der Waals surface area contributed by atoms with Gasteiger partial charge in [-0.2, -0.15) is 0 Å². The largest absolute Gasteiger partial charge is 0.488 e.